The first kappa shape index (κ1) is 23.4. The van der Waals surface area contributed by atoms with E-state index in [9.17, 15) is 9.59 Å². The third-order valence-electron chi connectivity index (χ3n) is 5.92. The SMILES string of the molecule is CC(C)(C)OC(=O)N1CCC(NCC2CCN(C(=O)OCc3ccccc3)CC2)CC1. The van der Waals surface area contributed by atoms with Crippen molar-refractivity contribution in [2.75, 3.05) is 32.7 Å². The normalized spacial score (nSPS) is 18.7. The molecule has 0 atom stereocenters. The topological polar surface area (TPSA) is 71.1 Å². The van der Waals surface area contributed by atoms with Crippen LogP contribution in [0.1, 0.15) is 52.0 Å². The van der Waals surface area contributed by atoms with Gasteiger partial charge in [0.15, 0.2) is 0 Å². The highest BCUT2D eigenvalue weighted by molar-refractivity contribution is 5.68. The zero-order valence-electron chi connectivity index (χ0n) is 19.1. The minimum atomic E-state index is -0.449. The number of carbonyl (C=O) groups is 2. The Morgan fingerprint density at radius 3 is 2.13 bits per heavy atom. The van der Waals surface area contributed by atoms with Crippen LogP contribution in [0.15, 0.2) is 30.3 Å². The van der Waals surface area contributed by atoms with E-state index in [-0.39, 0.29) is 12.2 Å². The van der Waals surface area contributed by atoms with Crippen LogP contribution in [0.25, 0.3) is 0 Å². The molecule has 0 radical (unpaired) electrons. The van der Waals surface area contributed by atoms with Gasteiger partial charge in [0.05, 0.1) is 0 Å². The van der Waals surface area contributed by atoms with E-state index in [0.717, 1.165) is 64.0 Å². The van der Waals surface area contributed by atoms with Crippen molar-refractivity contribution < 1.29 is 19.1 Å². The van der Waals surface area contributed by atoms with Crippen LogP contribution in [-0.2, 0) is 16.1 Å². The predicted octanol–water partition coefficient (Wildman–Crippen LogP) is 4.02. The molecule has 1 aromatic carbocycles. The molecule has 1 aromatic rings. The van der Waals surface area contributed by atoms with E-state index >= 15 is 0 Å². The molecule has 0 bridgehead atoms. The quantitative estimate of drug-likeness (QED) is 0.762. The molecule has 0 saturated carbocycles. The molecule has 2 saturated heterocycles. The maximum atomic E-state index is 12.3. The summed E-state index contributed by atoms with van der Waals surface area (Å²) in [6, 6.07) is 10.2. The summed E-state index contributed by atoms with van der Waals surface area (Å²) in [4.78, 5) is 28.1. The van der Waals surface area contributed by atoms with Crippen LogP contribution in [0.3, 0.4) is 0 Å². The van der Waals surface area contributed by atoms with E-state index in [0.29, 0.717) is 18.6 Å². The Bertz CT molecular complexity index is 703. The van der Waals surface area contributed by atoms with Crippen LogP contribution in [0.5, 0.6) is 0 Å². The largest absolute Gasteiger partial charge is 0.445 e. The summed E-state index contributed by atoms with van der Waals surface area (Å²) >= 11 is 0. The van der Waals surface area contributed by atoms with Crippen molar-refractivity contribution in [3.05, 3.63) is 35.9 Å². The van der Waals surface area contributed by atoms with Gasteiger partial charge >= 0.3 is 12.2 Å². The van der Waals surface area contributed by atoms with E-state index in [2.05, 4.69) is 5.32 Å². The van der Waals surface area contributed by atoms with Crippen molar-refractivity contribution >= 4 is 12.2 Å². The van der Waals surface area contributed by atoms with E-state index < -0.39 is 5.60 Å². The van der Waals surface area contributed by atoms with Crippen molar-refractivity contribution in [2.45, 2.75) is 64.7 Å². The van der Waals surface area contributed by atoms with E-state index in [1.807, 2.05) is 60.9 Å². The van der Waals surface area contributed by atoms with Gasteiger partial charge in [0.25, 0.3) is 0 Å². The van der Waals surface area contributed by atoms with E-state index in [4.69, 9.17) is 9.47 Å². The van der Waals surface area contributed by atoms with Crippen LogP contribution >= 0.6 is 0 Å². The monoisotopic (exact) mass is 431 g/mol. The van der Waals surface area contributed by atoms with Crippen LogP contribution in [0, 0.1) is 5.92 Å². The van der Waals surface area contributed by atoms with Gasteiger partial charge in [0.1, 0.15) is 12.2 Å². The van der Waals surface area contributed by atoms with Crippen molar-refractivity contribution in [2.24, 2.45) is 5.92 Å². The summed E-state index contributed by atoms with van der Waals surface area (Å²) in [7, 11) is 0. The molecule has 3 rings (SSSR count). The number of likely N-dealkylation sites (tertiary alicyclic amines) is 2. The van der Waals surface area contributed by atoms with Crippen molar-refractivity contribution in [3.63, 3.8) is 0 Å². The fraction of sp³-hybridized carbons (Fsp3) is 0.667. The molecule has 31 heavy (non-hydrogen) atoms. The molecule has 1 N–H and O–H groups in total. The Morgan fingerprint density at radius 1 is 0.935 bits per heavy atom. The van der Waals surface area contributed by atoms with Gasteiger partial charge in [-0.15, -0.1) is 0 Å². The highest BCUT2D eigenvalue weighted by atomic mass is 16.6. The molecule has 2 aliphatic heterocycles. The lowest BCUT2D eigenvalue weighted by molar-refractivity contribution is 0.0196. The van der Waals surface area contributed by atoms with Gasteiger partial charge < -0.3 is 24.6 Å². The second-order valence-corrected chi connectivity index (χ2v) is 9.62. The lowest BCUT2D eigenvalue weighted by atomic mass is 9.96. The van der Waals surface area contributed by atoms with E-state index in [1.165, 1.54) is 0 Å². The Hall–Kier alpha value is -2.28. The fourth-order valence-corrected chi connectivity index (χ4v) is 4.06. The number of nitrogens with one attached hydrogen (secondary N) is 1. The molecular weight excluding hydrogens is 394 g/mol. The lowest BCUT2D eigenvalue weighted by Gasteiger charge is -2.35. The molecule has 0 aromatic heterocycles. The molecule has 2 fully saturated rings. The molecule has 7 nitrogen and oxygen atoms in total. The zero-order valence-corrected chi connectivity index (χ0v) is 19.1. The Morgan fingerprint density at radius 2 is 1.52 bits per heavy atom. The Balaban J connectivity index is 1.29. The molecule has 172 valence electrons. The number of benzene rings is 1. The van der Waals surface area contributed by atoms with Gasteiger partial charge in [-0.05, 0) is 64.5 Å². The molecular formula is C24H37N3O4. The van der Waals surface area contributed by atoms with Gasteiger partial charge in [-0.1, -0.05) is 30.3 Å². The highest BCUT2D eigenvalue weighted by Gasteiger charge is 2.28. The third-order valence-corrected chi connectivity index (χ3v) is 5.92. The van der Waals surface area contributed by atoms with E-state index in [1.54, 1.807) is 0 Å². The van der Waals surface area contributed by atoms with Crippen LogP contribution in [0.2, 0.25) is 0 Å². The smallest absolute Gasteiger partial charge is 0.410 e. The second kappa shape index (κ2) is 10.8. The molecule has 0 unspecified atom stereocenters. The highest BCUT2D eigenvalue weighted by Crippen LogP contribution is 2.20. The predicted molar refractivity (Wildman–Crippen MR) is 120 cm³/mol. The average molecular weight is 432 g/mol. The summed E-state index contributed by atoms with van der Waals surface area (Å²) in [6.45, 7) is 9.94. The first-order valence-electron chi connectivity index (χ1n) is 11.5. The number of hydrogen-bond donors (Lipinski definition) is 1. The number of ether oxygens (including phenoxy) is 2. The standard InChI is InChI=1S/C24H37N3O4/c1-24(2,3)31-23(29)27-15-11-21(12-16-27)25-17-19-9-13-26(14-10-19)22(28)30-18-20-7-5-4-6-8-20/h4-8,19,21,25H,9-18H2,1-3H3. The van der Waals surface area contributed by atoms with Crippen molar-refractivity contribution in [3.8, 4) is 0 Å². The fourth-order valence-electron chi connectivity index (χ4n) is 4.06. The summed E-state index contributed by atoms with van der Waals surface area (Å²) < 4.78 is 10.9. The summed E-state index contributed by atoms with van der Waals surface area (Å²) in [5, 5.41) is 3.68. The minimum Gasteiger partial charge on any atom is -0.445 e. The van der Waals surface area contributed by atoms with Gasteiger partial charge in [-0.25, -0.2) is 9.59 Å². The van der Waals surface area contributed by atoms with Crippen molar-refractivity contribution in [1.29, 1.82) is 0 Å². The van der Waals surface area contributed by atoms with Crippen LogP contribution < -0.4 is 5.32 Å². The average Bonchev–Trinajstić information content (AvgIpc) is 2.76. The van der Waals surface area contributed by atoms with Crippen molar-refractivity contribution in [1.82, 2.24) is 15.1 Å². The molecule has 2 aliphatic rings. The van der Waals surface area contributed by atoms with Gasteiger partial charge in [-0.3, -0.25) is 0 Å². The molecule has 0 spiro atoms. The number of rotatable bonds is 5. The zero-order chi connectivity index (χ0) is 22.3. The number of piperidine rings is 2. The third kappa shape index (κ3) is 7.73. The van der Waals surface area contributed by atoms with Crippen LogP contribution in [0.4, 0.5) is 9.59 Å². The Kier molecular flexibility index (Phi) is 8.18. The summed E-state index contributed by atoms with van der Waals surface area (Å²) in [5.41, 5.74) is 0.558. The number of amides is 2. The lowest BCUT2D eigenvalue weighted by Crippen LogP contribution is -2.48. The first-order valence-corrected chi connectivity index (χ1v) is 11.5. The molecule has 7 heteroatoms. The number of carbonyl (C=O) groups excluding carboxylic acids is 2. The van der Waals surface area contributed by atoms with Gasteiger partial charge in [0, 0.05) is 32.2 Å². The Labute approximate surface area is 186 Å². The first-order chi connectivity index (χ1) is 14.8. The minimum absolute atomic E-state index is 0.211. The van der Waals surface area contributed by atoms with Crippen LogP contribution in [-0.4, -0.2) is 66.4 Å². The number of hydrogen-bond acceptors (Lipinski definition) is 5. The molecule has 2 heterocycles. The maximum absolute atomic E-state index is 12.3. The molecule has 2 amide bonds. The second-order valence-electron chi connectivity index (χ2n) is 9.62. The summed E-state index contributed by atoms with van der Waals surface area (Å²) in [5.74, 6) is 0.571. The maximum Gasteiger partial charge on any atom is 0.410 e. The van der Waals surface area contributed by atoms with Gasteiger partial charge in [0.2, 0.25) is 0 Å². The number of nitrogens with zero attached hydrogens (tertiary/aromatic N) is 2. The van der Waals surface area contributed by atoms with Gasteiger partial charge in [-0.2, -0.15) is 0 Å². The molecule has 0 aliphatic carbocycles. The summed E-state index contributed by atoms with van der Waals surface area (Å²) in [6.07, 6.45) is 3.45.